The molecule has 8 heteroatoms. The Kier molecular flexibility index (Phi) is 36.4. The van der Waals surface area contributed by atoms with Crippen molar-refractivity contribution in [2.45, 2.75) is 174 Å². The monoisotopic (exact) mass is 785 g/mol. The van der Waals surface area contributed by atoms with Gasteiger partial charge in [-0.25, -0.2) is 4.79 Å². The lowest BCUT2D eigenvalue weighted by atomic mass is 10.0. The van der Waals surface area contributed by atoms with Crippen LogP contribution >= 0.6 is 0 Å². The van der Waals surface area contributed by atoms with Crippen molar-refractivity contribution in [1.29, 1.82) is 0 Å². The number of hydrogen-bond donors (Lipinski definition) is 1. The molecule has 0 saturated heterocycles. The Morgan fingerprint density at radius 1 is 0.536 bits per heavy atom. The summed E-state index contributed by atoms with van der Waals surface area (Å²) in [6.07, 6.45) is 48.2. The van der Waals surface area contributed by atoms with Gasteiger partial charge >= 0.3 is 17.9 Å². The summed E-state index contributed by atoms with van der Waals surface area (Å²) in [5.74, 6) is -1.55. The number of carboxylic acid groups (broad SMARTS) is 1. The van der Waals surface area contributed by atoms with E-state index in [-0.39, 0.29) is 42.7 Å². The molecule has 2 atom stereocenters. The normalized spacial score (nSPS) is 13.7. The molecule has 1 N–H and O–H groups in total. The van der Waals surface area contributed by atoms with E-state index in [2.05, 4.69) is 86.8 Å². The number of rotatable bonds is 38. The van der Waals surface area contributed by atoms with Crippen LogP contribution in [0.4, 0.5) is 0 Å². The molecule has 0 fully saturated rings. The van der Waals surface area contributed by atoms with Crippen molar-refractivity contribution in [3.63, 3.8) is 0 Å². The van der Waals surface area contributed by atoms with Gasteiger partial charge in [-0.15, -0.1) is 0 Å². The standard InChI is InChI=1S/C48H81NO7/c1-6-8-10-12-14-16-18-19-20-21-22-23-24-25-26-27-29-31-33-35-37-39-47(51)56-44(42-54-41-40-45(48(52)53)49(3,4)5)43-55-46(50)38-36-34-32-30-28-17-15-13-11-9-7-2/h8-11,14-17,19-20,30,32,44-45H,6-7,12-13,18,21-29,31,33-43H2,1-5H3/p+1/b10-8+,11-9+,16-14+,17-15+,20-19+,32-30+. The van der Waals surface area contributed by atoms with Gasteiger partial charge in [-0.05, 0) is 70.6 Å². The first-order chi connectivity index (χ1) is 27.1. The van der Waals surface area contributed by atoms with E-state index in [4.69, 9.17) is 14.2 Å². The molecule has 0 heterocycles. The molecule has 0 aromatic heterocycles. The molecule has 0 amide bonds. The van der Waals surface area contributed by atoms with Crippen LogP contribution in [0.2, 0.25) is 0 Å². The van der Waals surface area contributed by atoms with Crippen molar-refractivity contribution in [2.24, 2.45) is 0 Å². The topological polar surface area (TPSA) is 99.1 Å². The van der Waals surface area contributed by atoms with Gasteiger partial charge in [-0.1, -0.05) is 145 Å². The average Bonchev–Trinajstić information content (AvgIpc) is 3.15. The number of quaternary nitrogens is 1. The third-order valence-electron chi connectivity index (χ3n) is 9.35. The van der Waals surface area contributed by atoms with Gasteiger partial charge in [-0.3, -0.25) is 9.59 Å². The van der Waals surface area contributed by atoms with Crippen LogP contribution in [0.5, 0.6) is 0 Å². The second-order valence-corrected chi connectivity index (χ2v) is 15.5. The highest BCUT2D eigenvalue weighted by Crippen LogP contribution is 2.14. The lowest BCUT2D eigenvalue weighted by Gasteiger charge is -2.31. The molecule has 0 spiro atoms. The van der Waals surface area contributed by atoms with E-state index < -0.39 is 18.1 Å². The predicted octanol–water partition coefficient (Wildman–Crippen LogP) is 12.0. The Morgan fingerprint density at radius 3 is 1.45 bits per heavy atom. The minimum atomic E-state index is -0.885. The molecule has 0 aromatic carbocycles. The predicted molar refractivity (Wildman–Crippen MR) is 233 cm³/mol. The van der Waals surface area contributed by atoms with Gasteiger partial charge in [0.15, 0.2) is 12.1 Å². The van der Waals surface area contributed by atoms with Gasteiger partial charge in [-0.2, -0.15) is 0 Å². The summed E-state index contributed by atoms with van der Waals surface area (Å²) in [5, 5.41) is 9.61. The highest BCUT2D eigenvalue weighted by molar-refractivity contribution is 5.72. The minimum absolute atomic E-state index is 0.0412. The number of esters is 2. The zero-order valence-corrected chi connectivity index (χ0v) is 36.3. The third-order valence-corrected chi connectivity index (χ3v) is 9.35. The van der Waals surface area contributed by atoms with Crippen molar-refractivity contribution in [1.82, 2.24) is 0 Å². The van der Waals surface area contributed by atoms with E-state index in [1.807, 2.05) is 21.1 Å². The Hall–Kier alpha value is -3.23. The number of aliphatic carboxylic acids is 1. The van der Waals surface area contributed by atoms with E-state index in [0.29, 0.717) is 19.3 Å². The number of likely N-dealkylation sites (N-methyl/N-ethyl adjacent to an activating group) is 1. The molecule has 0 rings (SSSR count). The Balaban J connectivity index is 4.32. The highest BCUT2D eigenvalue weighted by atomic mass is 16.6. The van der Waals surface area contributed by atoms with Crippen LogP contribution in [0.1, 0.15) is 162 Å². The van der Waals surface area contributed by atoms with Gasteiger partial charge in [0.05, 0.1) is 34.4 Å². The summed E-state index contributed by atoms with van der Waals surface area (Å²) < 4.78 is 17.2. The van der Waals surface area contributed by atoms with E-state index in [1.165, 1.54) is 57.8 Å². The van der Waals surface area contributed by atoms with Gasteiger partial charge in [0.25, 0.3) is 0 Å². The van der Waals surface area contributed by atoms with Crippen molar-refractivity contribution < 1.29 is 38.2 Å². The fourth-order valence-corrected chi connectivity index (χ4v) is 6.01. The van der Waals surface area contributed by atoms with Crippen molar-refractivity contribution in [3.05, 3.63) is 72.9 Å². The summed E-state index contributed by atoms with van der Waals surface area (Å²) in [6, 6.07) is -0.624. The number of ether oxygens (including phenoxy) is 3. The molecule has 0 aliphatic heterocycles. The second kappa shape index (κ2) is 38.6. The summed E-state index contributed by atoms with van der Waals surface area (Å²) in [6.45, 7) is 4.44. The Bertz CT molecular complexity index is 1140. The summed E-state index contributed by atoms with van der Waals surface area (Å²) in [4.78, 5) is 36.9. The molecule has 8 nitrogen and oxygen atoms in total. The molecule has 56 heavy (non-hydrogen) atoms. The summed E-state index contributed by atoms with van der Waals surface area (Å²) in [7, 11) is 5.50. The zero-order chi connectivity index (χ0) is 41.4. The lowest BCUT2D eigenvalue weighted by molar-refractivity contribution is -0.887. The maximum atomic E-state index is 12.7. The Morgan fingerprint density at radius 2 is 0.964 bits per heavy atom. The molecule has 0 aliphatic rings. The largest absolute Gasteiger partial charge is 0.477 e. The zero-order valence-electron chi connectivity index (χ0n) is 36.3. The van der Waals surface area contributed by atoms with Gasteiger partial charge in [0, 0.05) is 19.3 Å². The smallest absolute Gasteiger partial charge is 0.362 e. The maximum absolute atomic E-state index is 12.7. The average molecular weight is 785 g/mol. The van der Waals surface area contributed by atoms with Crippen LogP contribution in [0.3, 0.4) is 0 Å². The number of carbonyl (C=O) groups excluding carboxylic acids is 2. The van der Waals surface area contributed by atoms with Gasteiger partial charge < -0.3 is 23.8 Å². The fraction of sp³-hybridized carbons (Fsp3) is 0.688. The second-order valence-electron chi connectivity index (χ2n) is 15.5. The van der Waals surface area contributed by atoms with E-state index in [9.17, 15) is 19.5 Å². The van der Waals surface area contributed by atoms with Crippen molar-refractivity contribution in [3.8, 4) is 0 Å². The number of hydrogen-bond acceptors (Lipinski definition) is 6. The quantitative estimate of drug-likeness (QED) is 0.0288. The van der Waals surface area contributed by atoms with Crippen LogP contribution in [-0.2, 0) is 28.6 Å². The van der Waals surface area contributed by atoms with Crippen molar-refractivity contribution >= 4 is 17.9 Å². The van der Waals surface area contributed by atoms with Gasteiger partial charge in [0.1, 0.15) is 6.61 Å². The first-order valence-corrected chi connectivity index (χ1v) is 22.0. The van der Waals surface area contributed by atoms with Crippen molar-refractivity contribution in [2.75, 3.05) is 41.0 Å². The number of nitrogens with zero attached hydrogens (tertiary/aromatic N) is 1. The van der Waals surface area contributed by atoms with Crippen LogP contribution in [0.15, 0.2) is 72.9 Å². The highest BCUT2D eigenvalue weighted by Gasteiger charge is 2.31. The van der Waals surface area contributed by atoms with Crippen LogP contribution < -0.4 is 0 Å². The number of unbranched alkanes of at least 4 members (excludes halogenated alkanes) is 12. The first-order valence-electron chi connectivity index (χ1n) is 22.0. The molecular formula is C48H82NO7+. The number of allylic oxidation sites excluding steroid dienone is 12. The molecule has 2 unspecified atom stereocenters. The fourth-order valence-electron chi connectivity index (χ4n) is 6.01. The SMILES string of the molecule is CC/C=C/C/C=C/C/C=C/CCCCCCCCCCCCCC(=O)OC(COCCC(C(=O)O)[N+](C)(C)C)COC(=O)CCC/C=C/C/C=C/C/C=C/CC. The third kappa shape index (κ3) is 36.4. The van der Waals surface area contributed by atoms with E-state index >= 15 is 0 Å². The summed E-state index contributed by atoms with van der Waals surface area (Å²) in [5.41, 5.74) is 0. The number of carbonyl (C=O) groups is 3. The molecule has 0 aromatic rings. The minimum Gasteiger partial charge on any atom is -0.477 e. The first kappa shape index (κ1) is 52.8. The van der Waals surface area contributed by atoms with E-state index in [0.717, 1.165) is 64.2 Å². The number of carboxylic acids is 1. The molecule has 0 saturated carbocycles. The van der Waals surface area contributed by atoms with Crippen LogP contribution in [0.25, 0.3) is 0 Å². The van der Waals surface area contributed by atoms with Gasteiger partial charge in [0.2, 0.25) is 0 Å². The molecule has 320 valence electrons. The van der Waals surface area contributed by atoms with Crippen LogP contribution in [0, 0.1) is 0 Å². The van der Waals surface area contributed by atoms with Crippen LogP contribution in [-0.4, -0.2) is 80.6 Å². The molecule has 0 aliphatic carbocycles. The maximum Gasteiger partial charge on any atom is 0.362 e. The molecule has 0 radical (unpaired) electrons. The lowest BCUT2D eigenvalue weighted by Crippen LogP contribution is -2.50. The molecular weight excluding hydrogens is 703 g/mol. The van der Waals surface area contributed by atoms with E-state index in [1.54, 1.807) is 0 Å². The molecule has 0 bridgehead atoms. The summed E-state index contributed by atoms with van der Waals surface area (Å²) >= 11 is 0. The Labute approximate surface area is 342 Å².